The first-order chi connectivity index (χ1) is 12.7. The Morgan fingerprint density at radius 2 is 1.78 bits per heavy atom. The zero-order valence-corrected chi connectivity index (χ0v) is 15.7. The lowest BCUT2D eigenvalue weighted by Crippen LogP contribution is -2.47. The highest BCUT2D eigenvalue weighted by atomic mass is 16.5. The SMILES string of the molecule is COC(=O)C1=C2C(=O)N(c3cc(C)cc(C)c3)C(=O)[C@@H]2N(CCC(C)=O)N1. The molecule has 0 bridgehead atoms. The molecule has 2 heterocycles. The van der Waals surface area contributed by atoms with E-state index in [-0.39, 0.29) is 30.0 Å². The summed E-state index contributed by atoms with van der Waals surface area (Å²) >= 11 is 0. The van der Waals surface area contributed by atoms with E-state index >= 15 is 0 Å². The van der Waals surface area contributed by atoms with Gasteiger partial charge in [0.05, 0.1) is 18.4 Å². The van der Waals surface area contributed by atoms with Gasteiger partial charge in [-0.3, -0.25) is 14.4 Å². The fourth-order valence-corrected chi connectivity index (χ4v) is 3.43. The molecule has 8 nitrogen and oxygen atoms in total. The number of esters is 1. The molecule has 1 aromatic carbocycles. The first kappa shape index (κ1) is 18.8. The molecule has 0 aromatic heterocycles. The standard InChI is InChI=1S/C19H21N3O5/c1-10-7-11(2)9-13(8-10)22-17(24)14-15(19(26)27-4)20-21(6-5-12(3)23)16(14)18(22)25/h7-9,16,20H,5-6H2,1-4H3/t16-/m1/s1. The van der Waals surface area contributed by atoms with Crippen LogP contribution in [-0.2, 0) is 23.9 Å². The second-order valence-electron chi connectivity index (χ2n) is 6.76. The third-order valence-electron chi connectivity index (χ3n) is 4.56. The molecule has 1 atom stereocenters. The lowest BCUT2D eigenvalue weighted by atomic mass is 10.1. The van der Waals surface area contributed by atoms with Gasteiger partial charge in [0.25, 0.3) is 11.8 Å². The minimum absolute atomic E-state index is 0.0505. The molecule has 8 heteroatoms. The summed E-state index contributed by atoms with van der Waals surface area (Å²) in [5, 5.41) is 1.45. The van der Waals surface area contributed by atoms with Gasteiger partial charge in [-0.2, -0.15) is 0 Å². The smallest absolute Gasteiger partial charge is 0.356 e. The number of anilines is 1. The number of ether oxygens (including phenoxy) is 1. The van der Waals surface area contributed by atoms with Gasteiger partial charge in [0.1, 0.15) is 17.5 Å². The Balaban J connectivity index is 2.04. The molecule has 27 heavy (non-hydrogen) atoms. The molecule has 3 rings (SSSR count). The minimum atomic E-state index is -0.966. The van der Waals surface area contributed by atoms with Crippen molar-refractivity contribution in [2.24, 2.45) is 0 Å². The van der Waals surface area contributed by atoms with Crippen molar-refractivity contribution in [3.63, 3.8) is 0 Å². The minimum Gasteiger partial charge on any atom is -0.464 e. The Hall–Kier alpha value is -3.00. The van der Waals surface area contributed by atoms with Gasteiger partial charge in [0, 0.05) is 13.0 Å². The van der Waals surface area contributed by atoms with Crippen molar-refractivity contribution in [3.05, 3.63) is 40.6 Å². The van der Waals surface area contributed by atoms with Crippen molar-refractivity contribution >= 4 is 29.3 Å². The van der Waals surface area contributed by atoms with Crippen LogP contribution in [0, 0.1) is 13.8 Å². The highest BCUT2D eigenvalue weighted by molar-refractivity contribution is 6.32. The summed E-state index contributed by atoms with van der Waals surface area (Å²) in [6, 6.07) is 4.46. The Morgan fingerprint density at radius 3 is 2.33 bits per heavy atom. The molecular formula is C19H21N3O5. The highest BCUT2D eigenvalue weighted by Gasteiger charge is 2.54. The van der Waals surface area contributed by atoms with Crippen LogP contribution in [0.5, 0.6) is 0 Å². The van der Waals surface area contributed by atoms with Crippen molar-refractivity contribution in [3.8, 4) is 0 Å². The van der Waals surface area contributed by atoms with Crippen LogP contribution in [0.1, 0.15) is 24.5 Å². The lowest BCUT2D eigenvalue weighted by Gasteiger charge is -2.24. The van der Waals surface area contributed by atoms with Crippen molar-refractivity contribution < 1.29 is 23.9 Å². The first-order valence-corrected chi connectivity index (χ1v) is 8.56. The van der Waals surface area contributed by atoms with E-state index in [9.17, 15) is 19.2 Å². The Kier molecular flexibility index (Phi) is 4.84. The van der Waals surface area contributed by atoms with E-state index < -0.39 is 23.8 Å². The second kappa shape index (κ2) is 6.96. The average molecular weight is 371 g/mol. The second-order valence-corrected chi connectivity index (χ2v) is 6.76. The summed E-state index contributed by atoms with van der Waals surface area (Å²) in [5.41, 5.74) is 5.05. The molecule has 142 valence electrons. The molecule has 1 saturated heterocycles. The van der Waals surface area contributed by atoms with Crippen LogP contribution in [0.4, 0.5) is 5.69 Å². The number of methoxy groups -OCH3 is 1. The van der Waals surface area contributed by atoms with Gasteiger partial charge in [-0.05, 0) is 44.0 Å². The number of aryl methyl sites for hydroxylation is 2. The molecule has 2 amide bonds. The van der Waals surface area contributed by atoms with E-state index in [1.54, 1.807) is 12.1 Å². The molecule has 2 aliphatic rings. The van der Waals surface area contributed by atoms with E-state index in [4.69, 9.17) is 4.74 Å². The van der Waals surface area contributed by atoms with Gasteiger partial charge >= 0.3 is 5.97 Å². The number of hydrogen-bond acceptors (Lipinski definition) is 7. The molecule has 0 spiro atoms. The number of carbonyl (C=O) groups excluding carboxylic acids is 4. The zero-order chi connectivity index (χ0) is 19.9. The van der Waals surface area contributed by atoms with Crippen LogP contribution in [0.15, 0.2) is 29.5 Å². The maximum Gasteiger partial charge on any atom is 0.356 e. The van der Waals surface area contributed by atoms with E-state index in [2.05, 4.69) is 5.43 Å². The van der Waals surface area contributed by atoms with Crippen molar-refractivity contribution in [2.45, 2.75) is 33.2 Å². The number of benzene rings is 1. The van der Waals surface area contributed by atoms with Gasteiger partial charge in [0.15, 0.2) is 0 Å². The molecule has 1 fully saturated rings. The van der Waals surface area contributed by atoms with E-state index in [1.165, 1.54) is 19.0 Å². The van der Waals surface area contributed by atoms with Gasteiger partial charge in [-0.1, -0.05) is 6.07 Å². The summed E-state index contributed by atoms with van der Waals surface area (Å²) in [4.78, 5) is 50.7. The molecule has 0 radical (unpaired) electrons. The van der Waals surface area contributed by atoms with Crippen molar-refractivity contribution in [1.29, 1.82) is 0 Å². The molecule has 0 unspecified atom stereocenters. The number of Topliss-reactive ketones (excluding diaryl/α,β-unsaturated/α-hetero) is 1. The number of rotatable bonds is 5. The third-order valence-corrected chi connectivity index (χ3v) is 4.56. The lowest BCUT2D eigenvalue weighted by molar-refractivity contribution is -0.137. The topological polar surface area (TPSA) is 96.0 Å². The molecule has 0 aliphatic carbocycles. The average Bonchev–Trinajstić information content (AvgIpc) is 3.08. The summed E-state index contributed by atoms with van der Waals surface area (Å²) in [6.07, 6.45) is 0.177. The summed E-state index contributed by atoms with van der Waals surface area (Å²) in [5.74, 6) is -1.82. The van der Waals surface area contributed by atoms with E-state index in [0.29, 0.717) is 5.69 Å². The van der Waals surface area contributed by atoms with Crippen LogP contribution < -0.4 is 10.3 Å². The summed E-state index contributed by atoms with van der Waals surface area (Å²) in [7, 11) is 1.20. The Bertz CT molecular complexity index is 869. The Labute approximate surface area is 156 Å². The first-order valence-electron chi connectivity index (χ1n) is 8.56. The molecule has 0 saturated carbocycles. The number of nitrogens with zero attached hydrogens (tertiary/aromatic N) is 2. The fourth-order valence-electron chi connectivity index (χ4n) is 3.43. The highest BCUT2D eigenvalue weighted by Crippen LogP contribution is 2.35. The largest absolute Gasteiger partial charge is 0.464 e. The number of amides is 2. The van der Waals surface area contributed by atoms with E-state index in [1.807, 2.05) is 19.9 Å². The van der Waals surface area contributed by atoms with Gasteiger partial charge in [0.2, 0.25) is 0 Å². The van der Waals surface area contributed by atoms with Crippen molar-refractivity contribution in [1.82, 2.24) is 10.4 Å². The Morgan fingerprint density at radius 1 is 1.15 bits per heavy atom. The van der Waals surface area contributed by atoms with Gasteiger partial charge in [-0.15, -0.1) is 0 Å². The number of fused-ring (bicyclic) bond motifs is 1. The fraction of sp³-hybridized carbons (Fsp3) is 0.368. The van der Waals surface area contributed by atoms with E-state index in [0.717, 1.165) is 16.0 Å². The maximum atomic E-state index is 13.1. The molecule has 1 N–H and O–H groups in total. The maximum absolute atomic E-state index is 13.1. The van der Waals surface area contributed by atoms with Crippen LogP contribution in [0.2, 0.25) is 0 Å². The number of hydrazine groups is 1. The number of carbonyl (C=O) groups is 4. The summed E-state index contributed by atoms with van der Waals surface area (Å²) in [6.45, 7) is 5.38. The van der Waals surface area contributed by atoms with Crippen molar-refractivity contribution in [2.75, 3.05) is 18.6 Å². The van der Waals surface area contributed by atoms with Crippen LogP contribution in [0.25, 0.3) is 0 Å². The predicted octanol–water partition coefficient (Wildman–Crippen LogP) is 0.772. The number of ketones is 1. The number of hydrogen-bond donors (Lipinski definition) is 1. The normalized spacial score (nSPS) is 19.4. The van der Waals surface area contributed by atoms with Gasteiger partial charge in [-0.25, -0.2) is 14.7 Å². The quantitative estimate of drug-likeness (QED) is 0.603. The predicted molar refractivity (Wildman–Crippen MR) is 96.4 cm³/mol. The van der Waals surface area contributed by atoms with Crippen LogP contribution >= 0.6 is 0 Å². The van der Waals surface area contributed by atoms with Crippen LogP contribution in [0.3, 0.4) is 0 Å². The summed E-state index contributed by atoms with van der Waals surface area (Å²) < 4.78 is 4.74. The van der Waals surface area contributed by atoms with Gasteiger partial charge < -0.3 is 10.2 Å². The molecule has 1 aromatic rings. The monoisotopic (exact) mass is 371 g/mol. The number of nitrogens with one attached hydrogen (secondary N) is 1. The number of imide groups is 1. The molecular weight excluding hydrogens is 350 g/mol. The zero-order valence-electron chi connectivity index (χ0n) is 15.7. The third kappa shape index (κ3) is 3.23. The van der Waals surface area contributed by atoms with Crippen LogP contribution in [-0.4, -0.2) is 48.3 Å². The molecule has 2 aliphatic heterocycles.